The monoisotopic (exact) mass is 401 g/mol. The summed E-state index contributed by atoms with van der Waals surface area (Å²) < 4.78 is 0. The van der Waals surface area contributed by atoms with Gasteiger partial charge in [-0.25, -0.2) is 0 Å². The van der Waals surface area contributed by atoms with Crippen molar-refractivity contribution in [2.24, 2.45) is 5.92 Å². The molecular formula is C20H33Cl2N3O. The molecule has 6 heteroatoms. The van der Waals surface area contributed by atoms with E-state index in [1.807, 2.05) is 0 Å². The number of halogens is 2. The Kier molecular flexibility index (Phi) is 10.6. The Balaban J connectivity index is 0.00000169. The quantitative estimate of drug-likeness (QED) is 0.765. The molecule has 0 radical (unpaired) electrons. The van der Waals surface area contributed by atoms with E-state index in [2.05, 4.69) is 46.7 Å². The molecule has 0 aromatic heterocycles. The van der Waals surface area contributed by atoms with Gasteiger partial charge in [-0.2, -0.15) is 0 Å². The Morgan fingerprint density at radius 3 is 2.62 bits per heavy atom. The molecule has 2 saturated heterocycles. The predicted octanol–water partition coefficient (Wildman–Crippen LogP) is 3.52. The summed E-state index contributed by atoms with van der Waals surface area (Å²) in [5.74, 6) is 1.03. The van der Waals surface area contributed by atoms with E-state index in [-0.39, 0.29) is 30.7 Å². The van der Waals surface area contributed by atoms with Gasteiger partial charge in [-0.15, -0.1) is 24.8 Å². The average Bonchev–Trinajstić information content (AvgIpc) is 3.08. The summed E-state index contributed by atoms with van der Waals surface area (Å²) in [6.07, 6.45) is 5.54. The van der Waals surface area contributed by atoms with Crippen LogP contribution in [0, 0.1) is 5.92 Å². The molecule has 2 fully saturated rings. The minimum Gasteiger partial charge on any atom is -0.352 e. The molecule has 4 nitrogen and oxygen atoms in total. The molecule has 2 aliphatic heterocycles. The first kappa shape index (κ1) is 23.2. The molecule has 1 amide bonds. The Labute approximate surface area is 170 Å². The summed E-state index contributed by atoms with van der Waals surface area (Å²) in [5, 5.41) is 6.45. The number of nitrogens with zero attached hydrogens (tertiary/aromatic N) is 1. The van der Waals surface area contributed by atoms with Gasteiger partial charge < -0.3 is 10.6 Å². The van der Waals surface area contributed by atoms with Crippen LogP contribution in [-0.2, 0) is 17.9 Å². The van der Waals surface area contributed by atoms with E-state index < -0.39 is 0 Å². The Morgan fingerprint density at radius 1 is 1.19 bits per heavy atom. The van der Waals surface area contributed by atoms with E-state index in [0.717, 1.165) is 25.4 Å². The Morgan fingerprint density at radius 2 is 1.92 bits per heavy atom. The average molecular weight is 402 g/mol. The molecule has 2 N–H and O–H groups in total. The van der Waals surface area contributed by atoms with Gasteiger partial charge in [0, 0.05) is 25.6 Å². The van der Waals surface area contributed by atoms with Crippen molar-refractivity contribution in [1.29, 1.82) is 0 Å². The molecule has 2 aliphatic rings. The lowest BCUT2D eigenvalue weighted by Crippen LogP contribution is -2.32. The van der Waals surface area contributed by atoms with Crippen LogP contribution in [0.1, 0.15) is 50.2 Å². The standard InChI is InChI=1S/C20H31N3O.2ClH/c1-16-7-10-23(11-8-16)15-18-5-2-4-17(12-18)14-22-20(24)13-19-6-3-9-21-19;;/h2,4-5,12,16,19,21H,3,6-11,13-15H2,1H3,(H,22,24);2*1H. The van der Waals surface area contributed by atoms with Crippen LogP contribution < -0.4 is 10.6 Å². The fraction of sp³-hybridized carbons (Fsp3) is 0.650. The maximum Gasteiger partial charge on any atom is 0.221 e. The normalized spacial score (nSPS) is 20.9. The Hall–Kier alpha value is -0.810. The number of carbonyl (C=O) groups excluding carboxylic acids is 1. The van der Waals surface area contributed by atoms with Gasteiger partial charge in [-0.3, -0.25) is 9.69 Å². The second-order valence-electron chi connectivity index (χ2n) is 7.55. The van der Waals surface area contributed by atoms with Gasteiger partial charge in [0.1, 0.15) is 0 Å². The molecule has 148 valence electrons. The summed E-state index contributed by atoms with van der Waals surface area (Å²) in [4.78, 5) is 14.6. The van der Waals surface area contributed by atoms with Gasteiger partial charge in [-0.05, 0) is 62.4 Å². The van der Waals surface area contributed by atoms with Gasteiger partial charge in [-0.1, -0.05) is 31.2 Å². The topological polar surface area (TPSA) is 44.4 Å². The van der Waals surface area contributed by atoms with Crippen molar-refractivity contribution in [3.8, 4) is 0 Å². The van der Waals surface area contributed by atoms with Crippen LogP contribution in [0.15, 0.2) is 24.3 Å². The highest BCUT2D eigenvalue weighted by molar-refractivity contribution is 5.85. The molecule has 2 heterocycles. The van der Waals surface area contributed by atoms with Gasteiger partial charge >= 0.3 is 0 Å². The summed E-state index contributed by atoms with van der Waals surface area (Å²) in [6, 6.07) is 9.04. The number of piperidine rings is 1. The van der Waals surface area contributed by atoms with Crippen molar-refractivity contribution in [3.63, 3.8) is 0 Å². The molecule has 26 heavy (non-hydrogen) atoms. The van der Waals surface area contributed by atoms with Crippen molar-refractivity contribution >= 4 is 30.7 Å². The molecule has 1 aromatic rings. The molecule has 0 aliphatic carbocycles. The van der Waals surface area contributed by atoms with Crippen molar-refractivity contribution in [3.05, 3.63) is 35.4 Å². The fourth-order valence-electron chi connectivity index (χ4n) is 3.74. The minimum absolute atomic E-state index is 0. The van der Waals surface area contributed by atoms with E-state index in [1.165, 1.54) is 43.5 Å². The Bertz CT molecular complexity index is 542. The van der Waals surface area contributed by atoms with E-state index in [4.69, 9.17) is 0 Å². The molecule has 0 saturated carbocycles. The van der Waals surface area contributed by atoms with Crippen molar-refractivity contribution in [2.45, 2.75) is 58.2 Å². The van der Waals surface area contributed by atoms with Crippen LogP contribution in [0.25, 0.3) is 0 Å². The van der Waals surface area contributed by atoms with Crippen molar-refractivity contribution in [1.82, 2.24) is 15.5 Å². The van der Waals surface area contributed by atoms with E-state index in [1.54, 1.807) is 0 Å². The minimum atomic E-state index is 0. The van der Waals surface area contributed by atoms with E-state index in [9.17, 15) is 4.79 Å². The number of benzene rings is 1. The zero-order valence-corrected chi connectivity index (χ0v) is 17.3. The highest BCUT2D eigenvalue weighted by atomic mass is 35.5. The molecule has 1 aromatic carbocycles. The van der Waals surface area contributed by atoms with Crippen LogP contribution in [0.2, 0.25) is 0 Å². The molecule has 1 atom stereocenters. The lowest BCUT2D eigenvalue weighted by Gasteiger charge is -2.30. The summed E-state index contributed by atoms with van der Waals surface area (Å²) in [6.45, 7) is 7.47. The lowest BCUT2D eigenvalue weighted by atomic mass is 9.98. The third-order valence-electron chi connectivity index (χ3n) is 5.36. The van der Waals surface area contributed by atoms with Crippen molar-refractivity contribution in [2.75, 3.05) is 19.6 Å². The van der Waals surface area contributed by atoms with Gasteiger partial charge in [0.25, 0.3) is 0 Å². The second-order valence-corrected chi connectivity index (χ2v) is 7.55. The largest absolute Gasteiger partial charge is 0.352 e. The number of rotatable bonds is 6. The first-order valence-electron chi connectivity index (χ1n) is 9.49. The molecular weight excluding hydrogens is 369 g/mol. The number of likely N-dealkylation sites (tertiary alicyclic amines) is 1. The maximum atomic E-state index is 12.0. The number of amides is 1. The third kappa shape index (κ3) is 7.43. The molecule has 0 spiro atoms. The van der Waals surface area contributed by atoms with Gasteiger partial charge in [0.15, 0.2) is 0 Å². The third-order valence-corrected chi connectivity index (χ3v) is 5.36. The zero-order valence-electron chi connectivity index (χ0n) is 15.7. The fourth-order valence-corrected chi connectivity index (χ4v) is 3.74. The molecule has 0 bridgehead atoms. The summed E-state index contributed by atoms with van der Waals surface area (Å²) in [5.41, 5.74) is 2.55. The number of carbonyl (C=O) groups is 1. The second kappa shape index (κ2) is 11.8. The summed E-state index contributed by atoms with van der Waals surface area (Å²) in [7, 11) is 0. The van der Waals surface area contributed by atoms with Crippen molar-refractivity contribution < 1.29 is 4.79 Å². The van der Waals surface area contributed by atoms with Crippen LogP contribution in [-0.4, -0.2) is 36.5 Å². The molecule has 1 unspecified atom stereocenters. The number of hydrogen-bond acceptors (Lipinski definition) is 3. The van der Waals surface area contributed by atoms with Gasteiger partial charge in [0.05, 0.1) is 0 Å². The maximum absolute atomic E-state index is 12.0. The lowest BCUT2D eigenvalue weighted by molar-refractivity contribution is -0.121. The zero-order chi connectivity index (χ0) is 16.8. The highest BCUT2D eigenvalue weighted by Crippen LogP contribution is 2.18. The van der Waals surface area contributed by atoms with E-state index >= 15 is 0 Å². The summed E-state index contributed by atoms with van der Waals surface area (Å²) >= 11 is 0. The molecule has 3 rings (SSSR count). The smallest absolute Gasteiger partial charge is 0.221 e. The van der Waals surface area contributed by atoms with E-state index in [0.29, 0.717) is 19.0 Å². The van der Waals surface area contributed by atoms with Gasteiger partial charge in [0.2, 0.25) is 5.91 Å². The van der Waals surface area contributed by atoms with Crippen LogP contribution in [0.5, 0.6) is 0 Å². The van der Waals surface area contributed by atoms with Crippen LogP contribution >= 0.6 is 24.8 Å². The SMILES string of the molecule is CC1CCN(Cc2cccc(CNC(=O)CC3CCCN3)c2)CC1.Cl.Cl. The number of nitrogens with one attached hydrogen (secondary N) is 2. The first-order chi connectivity index (χ1) is 11.7. The number of hydrogen-bond donors (Lipinski definition) is 2. The van der Waals surface area contributed by atoms with Crippen LogP contribution in [0.3, 0.4) is 0 Å². The first-order valence-corrected chi connectivity index (χ1v) is 9.49. The highest BCUT2D eigenvalue weighted by Gasteiger charge is 2.18. The predicted molar refractivity (Wildman–Crippen MR) is 112 cm³/mol. The van der Waals surface area contributed by atoms with Crippen LogP contribution in [0.4, 0.5) is 0 Å².